The second-order valence-electron chi connectivity index (χ2n) is 4.29. The highest BCUT2D eigenvalue weighted by Gasteiger charge is 2.31. The predicted octanol–water partition coefficient (Wildman–Crippen LogP) is 3.59. The van der Waals surface area contributed by atoms with Crippen LogP contribution < -0.4 is 4.74 Å². The van der Waals surface area contributed by atoms with Gasteiger partial charge in [-0.15, -0.1) is 0 Å². The lowest BCUT2D eigenvalue weighted by Gasteiger charge is -2.11. The second-order valence-corrected chi connectivity index (χ2v) is 4.29. The van der Waals surface area contributed by atoms with Crippen LogP contribution in [0.15, 0.2) is 30.3 Å². The third kappa shape index (κ3) is 2.99. The van der Waals surface area contributed by atoms with Gasteiger partial charge in [0.2, 0.25) is 34.8 Å². The molecule has 0 aromatic heterocycles. The standard InChI is InChI=1S/C15H6F5NO2/c16-9-10(17)12(19)14(13(20)11(9)18)23-15(22)8(6-21)7-4-2-1-3-5-7/h1-5,8H. The number of esters is 1. The first-order chi connectivity index (χ1) is 10.9. The Morgan fingerprint density at radius 3 is 1.87 bits per heavy atom. The number of carbonyl (C=O) groups is 1. The Balaban J connectivity index is 2.40. The first-order valence-electron chi connectivity index (χ1n) is 6.06. The van der Waals surface area contributed by atoms with Gasteiger partial charge in [0.25, 0.3) is 0 Å². The first-order valence-corrected chi connectivity index (χ1v) is 6.06. The summed E-state index contributed by atoms with van der Waals surface area (Å²) in [6.45, 7) is 0. The van der Waals surface area contributed by atoms with Crippen LogP contribution in [0.2, 0.25) is 0 Å². The van der Waals surface area contributed by atoms with Gasteiger partial charge >= 0.3 is 5.97 Å². The van der Waals surface area contributed by atoms with Gasteiger partial charge in [-0.1, -0.05) is 30.3 Å². The molecule has 0 saturated heterocycles. The van der Waals surface area contributed by atoms with E-state index in [1.54, 1.807) is 6.07 Å². The van der Waals surface area contributed by atoms with Crippen LogP contribution in [-0.2, 0) is 4.79 Å². The number of carbonyl (C=O) groups excluding carboxylic acids is 1. The summed E-state index contributed by atoms with van der Waals surface area (Å²) in [5, 5.41) is 8.97. The van der Waals surface area contributed by atoms with Gasteiger partial charge in [-0.3, -0.25) is 0 Å². The van der Waals surface area contributed by atoms with E-state index in [9.17, 15) is 26.7 Å². The molecular weight excluding hydrogens is 321 g/mol. The van der Waals surface area contributed by atoms with Crippen molar-refractivity contribution >= 4 is 5.97 Å². The minimum absolute atomic E-state index is 0.142. The third-order valence-corrected chi connectivity index (χ3v) is 2.87. The molecule has 0 aliphatic carbocycles. The maximum atomic E-state index is 13.5. The van der Waals surface area contributed by atoms with Crippen LogP contribution in [0.25, 0.3) is 0 Å². The van der Waals surface area contributed by atoms with Crippen LogP contribution in [0.1, 0.15) is 11.5 Å². The molecule has 0 amide bonds. The van der Waals surface area contributed by atoms with Gasteiger partial charge in [-0.05, 0) is 5.56 Å². The van der Waals surface area contributed by atoms with Gasteiger partial charge < -0.3 is 4.74 Å². The van der Waals surface area contributed by atoms with E-state index in [1.165, 1.54) is 30.3 Å². The number of rotatable bonds is 3. The molecule has 0 saturated carbocycles. The van der Waals surface area contributed by atoms with E-state index in [4.69, 9.17) is 5.26 Å². The zero-order valence-corrected chi connectivity index (χ0v) is 11.1. The molecule has 0 aliphatic heterocycles. The molecule has 23 heavy (non-hydrogen) atoms. The van der Waals surface area contributed by atoms with Crippen LogP contribution in [0.5, 0.6) is 5.75 Å². The first kappa shape index (κ1) is 16.4. The van der Waals surface area contributed by atoms with Crippen molar-refractivity contribution in [2.45, 2.75) is 5.92 Å². The molecule has 1 atom stereocenters. The van der Waals surface area contributed by atoms with Crippen molar-refractivity contribution < 1.29 is 31.5 Å². The molecule has 2 aromatic carbocycles. The molecule has 2 rings (SSSR count). The van der Waals surface area contributed by atoms with Crippen LogP contribution >= 0.6 is 0 Å². The summed E-state index contributed by atoms with van der Waals surface area (Å²) in [6.07, 6.45) is 0. The summed E-state index contributed by atoms with van der Waals surface area (Å²) in [5.41, 5.74) is 0.142. The number of hydrogen-bond donors (Lipinski definition) is 0. The normalized spacial score (nSPS) is 11.7. The topological polar surface area (TPSA) is 50.1 Å². The molecule has 0 bridgehead atoms. The van der Waals surface area contributed by atoms with Gasteiger partial charge in [0.15, 0.2) is 5.92 Å². The number of nitrogens with zero attached hydrogens (tertiary/aromatic N) is 1. The van der Waals surface area contributed by atoms with Gasteiger partial charge in [0.05, 0.1) is 6.07 Å². The number of benzene rings is 2. The highest BCUT2D eigenvalue weighted by Crippen LogP contribution is 2.30. The minimum atomic E-state index is -2.38. The van der Waals surface area contributed by atoms with E-state index in [0.29, 0.717) is 0 Å². The summed E-state index contributed by atoms with van der Waals surface area (Å²) in [7, 11) is 0. The molecule has 0 aliphatic rings. The van der Waals surface area contributed by atoms with Crippen LogP contribution in [0.4, 0.5) is 22.0 Å². The lowest BCUT2D eigenvalue weighted by molar-refractivity contribution is -0.135. The number of hydrogen-bond acceptors (Lipinski definition) is 3. The largest absolute Gasteiger partial charge is 0.419 e. The molecule has 3 nitrogen and oxygen atoms in total. The molecule has 0 spiro atoms. The van der Waals surface area contributed by atoms with Crippen molar-refractivity contribution in [3.63, 3.8) is 0 Å². The van der Waals surface area contributed by atoms with E-state index < -0.39 is 46.7 Å². The number of halogens is 5. The lowest BCUT2D eigenvalue weighted by atomic mass is 10.0. The summed E-state index contributed by atoms with van der Waals surface area (Å²) in [5.74, 6) is -16.3. The van der Waals surface area contributed by atoms with E-state index >= 15 is 0 Å². The second kappa shape index (κ2) is 6.44. The minimum Gasteiger partial charge on any atom is -0.419 e. The average molecular weight is 327 g/mol. The van der Waals surface area contributed by atoms with E-state index in [2.05, 4.69) is 4.74 Å². The summed E-state index contributed by atoms with van der Waals surface area (Å²) < 4.78 is 70.1. The Bertz CT molecular complexity index is 773. The van der Waals surface area contributed by atoms with Crippen molar-refractivity contribution in [2.24, 2.45) is 0 Å². The van der Waals surface area contributed by atoms with E-state index in [-0.39, 0.29) is 5.56 Å². The smallest absolute Gasteiger partial charge is 0.333 e. The van der Waals surface area contributed by atoms with E-state index in [0.717, 1.165) is 0 Å². The Hall–Kier alpha value is -2.95. The monoisotopic (exact) mass is 327 g/mol. The summed E-state index contributed by atoms with van der Waals surface area (Å²) in [4.78, 5) is 11.8. The third-order valence-electron chi connectivity index (χ3n) is 2.87. The van der Waals surface area contributed by atoms with Crippen molar-refractivity contribution in [3.8, 4) is 11.8 Å². The van der Waals surface area contributed by atoms with Crippen LogP contribution in [0.3, 0.4) is 0 Å². The quantitative estimate of drug-likeness (QED) is 0.285. The molecule has 0 fully saturated rings. The number of ether oxygens (including phenoxy) is 1. The zero-order chi connectivity index (χ0) is 17.1. The molecule has 1 unspecified atom stereocenters. The fraction of sp³-hybridized carbons (Fsp3) is 0.0667. The van der Waals surface area contributed by atoms with Crippen LogP contribution in [-0.4, -0.2) is 5.97 Å². The summed E-state index contributed by atoms with van der Waals surface area (Å²) >= 11 is 0. The van der Waals surface area contributed by atoms with Gasteiger partial charge in [0.1, 0.15) is 0 Å². The average Bonchev–Trinajstić information content (AvgIpc) is 2.57. The van der Waals surface area contributed by atoms with Crippen LogP contribution in [0, 0.1) is 40.4 Å². The lowest BCUT2D eigenvalue weighted by Crippen LogP contribution is -2.20. The van der Waals surface area contributed by atoms with Gasteiger partial charge in [0, 0.05) is 0 Å². The predicted molar refractivity (Wildman–Crippen MR) is 66.7 cm³/mol. The maximum absolute atomic E-state index is 13.5. The van der Waals surface area contributed by atoms with Crippen molar-refractivity contribution in [2.75, 3.05) is 0 Å². The van der Waals surface area contributed by atoms with Gasteiger partial charge in [-0.2, -0.15) is 14.0 Å². The molecule has 0 heterocycles. The van der Waals surface area contributed by atoms with Crippen molar-refractivity contribution in [1.29, 1.82) is 5.26 Å². The molecule has 118 valence electrons. The van der Waals surface area contributed by atoms with E-state index in [1.807, 2.05) is 0 Å². The summed E-state index contributed by atoms with van der Waals surface area (Å²) in [6, 6.07) is 8.85. The maximum Gasteiger partial charge on any atom is 0.333 e. The Labute approximate surface area is 126 Å². The van der Waals surface area contributed by atoms with Crippen molar-refractivity contribution in [1.82, 2.24) is 0 Å². The fourth-order valence-electron chi connectivity index (χ4n) is 1.74. The molecular formula is C15H6F5NO2. The van der Waals surface area contributed by atoms with Crippen molar-refractivity contribution in [3.05, 3.63) is 65.0 Å². The molecule has 0 N–H and O–H groups in total. The SMILES string of the molecule is N#CC(C(=O)Oc1c(F)c(F)c(F)c(F)c1F)c1ccccc1. The zero-order valence-electron chi connectivity index (χ0n) is 11.1. The Morgan fingerprint density at radius 2 is 1.39 bits per heavy atom. The Morgan fingerprint density at radius 1 is 0.913 bits per heavy atom. The molecule has 2 aromatic rings. The van der Waals surface area contributed by atoms with Gasteiger partial charge in [-0.25, -0.2) is 18.0 Å². The highest BCUT2D eigenvalue weighted by atomic mass is 19.2. The fourth-order valence-corrected chi connectivity index (χ4v) is 1.74. The number of nitriles is 1. The highest BCUT2D eigenvalue weighted by molar-refractivity contribution is 5.83. The molecule has 8 heteroatoms. The Kier molecular flexibility index (Phi) is 4.60. The molecule has 0 radical (unpaired) electrons.